The summed E-state index contributed by atoms with van der Waals surface area (Å²) in [5, 5.41) is 0. The van der Waals surface area contributed by atoms with Crippen LogP contribution >= 0.6 is 0 Å². The molecule has 1 unspecified atom stereocenters. The minimum atomic E-state index is -0.172. The van der Waals surface area contributed by atoms with E-state index in [1.54, 1.807) is 6.07 Å². The summed E-state index contributed by atoms with van der Waals surface area (Å²) < 4.78 is 14.3. The molecule has 0 radical (unpaired) electrons. The van der Waals surface area contributed by atoms with Crippen LogP contribution in [0, 0.1) is 5.82 Å². The third kappa shape index (κ3) is 5.29. The van der Waals surface area contributed by atoms with Gasteiger partial charge in [0.05, 0.1) is 5.69 Å². The van der Waals surface area contributed by atoms with Gasteiger partial charge in [0.25, 0.3) is 0 Å². The summed E-state index contributed by atoms with van der Waals surface area (Å²) in [6, 6.07) is 5.21. The van der Waals surface area contributed by atoms with Crippen molar-refractivity contribution in [1.82, 2.24) is 4.90 Å². The van der Waals surface area contributed by atoms with Gasteiger partial charge in [-0.25, -0.2) is 4.39 Å². The first-order chi connectivity index (χ1) is 10.0. The average Bonchev–Trinajstić information content (AvgIpc) is 2.48. The molecule has 0 aliphatic heterocycles. The molecule has 3 nitrogen and oxygen atoms in total. The van der Waals surface area contributed by atoms with E-state index in [0.29, 0.717) is 5.69 Å². The Bertz CT molecular complexity index is 416. The third-order valence-corrected chi connectivity index (χ3v) is 4.02. The van der Waals surface area contributed by atoms with Gasteiger partial charge in [-0.1, -0.05) is 19.9 Å². The lowest BCUT2D eigenvalue weighted by Crippen LogP contribution is -2.30. The van der Waals surface area contributed by atoms with Gasteiger partial charge in [0.2, 0.25) is 0 Å². The minimum Gasteiger partial charge on any atom is -0.369 e. The van der Waals surface area contributed by atoms with Crippen molar-refractivity contribution in [2.45, 2.75) is 40.2 Å². The highest BCUT2D eigenvalue weighted by Crippen LogP contribution is 2.23. The summed E-state index contributed by atoms with van der Waals surface area (Å²) in [6.07, 6.45) is 1.05. The Morgan fingerprint density at radius 1 is 1.10 bits per heavy atom. The Morgan fingerprint density at radius 2 is 1.76 bits per heavy atom. The second-order valence-corrected chi connectivity index (χ2v) is 5.46. The first kappa shape index (κ1) is 17.9. The van der Waals surface area contributed by atoms with E-state index in [9.17, 15) is 4.39 Å². The van der Waals surface area contributed by atoms with Crippen molar-refractivity contribution < 1.29 is 4.39 Å². The van der Waals surface area contributed by atoms with Gasteiger partial charge >= 0.3 is 0 Å². The molecule has 1 atom stereocenters. The molecule has 0 fully saturated rings. The van der Waals surface area contributed by atoms with Crippen LogP contribution in [-0.4, -0.2) is 37.6 Å². The standard InChI is InChI=1S/C17H30FN3/c1-5-20(6-2)11-8-12-21(7-3)17-10-9-15(14(4)19)13-16(17)18/h9-10,13-14H,5-8,11-12,19H2,1-4H3. The van der Waals surface area contributed by atoms with E-state index in [1.165, 1.54) is 0 Å². The third-order valence-electron chi connectivity index (χ3n) is 4.02. The van der Waals surface area contributed by atoms with Gasteiger partial charge in [-0.3, -0.25) is 0 Å². The lowest BCUT2D eigenvalue weighted by molar-refractivity contribution is 0.300. The maximum absolute atomic E-state index is 14.3. The van der Waals surface area contributed by atoms with Crippen LogP contribution in [0.2, 0.25) is 0 Å². The largest absolute Gasteiger partial charge is 0.369 e. The van der Waals surface area contributed by atoms with Crippen LogP contribution < -0.4 is 10.6 Å². The van der Waals surface area contributed by atoms with Crippen molar-refractivity contribution >= 4 is 5.69 Å². The molecule has 0 aliphatic carbocycles. The second-order valence-electron chi connectivity index (χ2n) is 5.46. The maximum atomic E-state index is 14.3. The van der Waals surface area contributed by atoms with Crippen LogP contribution in [0.15, 0.2) is 18.2 Å². The predicted octanol–water partition coefficient (Wildman–Crippen LogP) is 3.40. The van der Waals surface area contributed by atoms with Gasteiger partial charge in [-0.15, -0.1) is 0 Å². The molecule has 0 heterocycles. The van der Waals surface area contributed by atoms with E-state index in [2.05, 4.69) is 30.6 Å². The fourth-order valence-corrected chi connectivity index (χ4v) is 2.54. The van der Waals surface area contributed by atoms with Gasteiger partial charge < -0.3 is 15.5 Å². The summed E-state index contributed by atoms with van der Waals surface area (Å²) in [6.45, 7) is 13.2. The molecule has 2 N–H and O–H groups in total. The van der Waals surface area contributed by atoms with Crippen molar-refractivity contribution in [2.75, 3.05) is 37.6 Å². The Balaban J connectivity index is 2.67. The molecule has 0 saturated carbocycles. The molecule has 1 rings (SSSR count). The van der Waals surface area contributed by atoms with E-state index in [-0.39, 0.29) is 11.9 Å². The number of hydrogen-bond acceptors (Lipinski definition) is 3. The highest BCUT2D eigenvalue weighted by molar-refractivity contribution is 5.49. The van der Waals surface area contributed by atoms with Crippen molar-refractivity contribution in [1.29, 1.82) is 0 Å². The lowest BCUT2D eigenvalue weighted by atomic mass is 10.1. The van der Waals surface area contributed by atoms with E-state index < -0.39 is 0 Å². The predicted molar refractivity (Wildman–Crippen MR) is 89.3 cm³/mol. The van der Waals surface area contributed by atoms with Crippen LogP contribution in [0.3, 0.4) is 0 Å². The summed E-state index contributed by atoms with van der Waals surface area (Å²) >= 11 is 0. The molecule has 4 heteroatoms. The van der Waals surface area contributed by atoms with Gasteiger partial charge in [0.15, 0.2) is 0 Å². The SMILES string of the molecule is CCN(CC)CCCN(CC)c1ccc(C(C)N)cc1F. The maximum Gasteiger partial charge on any atom is 0.146 e. The van der Waals surface area contributed by atoms with Gasteiger partial charge in [-0.2, -0.15) is 0 Å². The van der Waals surface area contributed by atoms with Crippen molar-refractivity contribution in [3.63, 3.8) is 0 Å². The number of nitrogens with zero attached hydrogens (tertiary/aromatic N) is 2. The highest BCUT2D eigenvalue weighted by Gasteiger charge is 2.12. The molecule has 0 bridgehead atoms. The molecule has 0 aliphatic rings. The fourth-order valence-electron chi connectivity index (χ4n) is 2.54. The smallest absolute Gasteiger partial charge is 0.146 e. The quantitative estimate of drug-likeness (QED) is 0.758. The minimum absolute atomic E-state index is 0.133. The Morgan fingerprint density at radius 3 is 2.24 bits per heavy atom. The number of rotatable bonds is 9. The fraction of sp³-hybridized carbons (Fsp3) is 0.647. The Hall–Kier alpha value is -1.13. The van der Waals surface area contributed by atoms with Crippen LogP contribution in [0.25, 0.3) is 0 Å². The zero-order valence-corrected chi connectivity index (χ0v) is 13.9. The van der Waals surface area contributed by atoms with Crippen molar-refractivity contribution in [3.8, 4) is 0 Å². The molecule has 1 aromatic carbocycles. The normalized spacial score (nSPS) is 12.7. The Kier molecular flexibility index (Phi) is 7.68. The number of benzene rings is 1. The summed E-state index contributed by atoms with van der Waals surface area (Å²) in [5.41, 5.74) is 7.32. The second kappa shape index (κ2) is 9.00. The summed E-state index contributed by atoms with van der Waals surface area (Å²) in [5.74, 6) is -0.172. The lowest BCUT2D eigenvalue weighted by Gasteiger charge is -2.26. The molecule has 0 saturated heterocycles. The number of anilines is 1. The number of halogens is 1. The van der Waals surface area contributed by atoms with Crippen LogP contribution in [-0.2, 0) is 0 Å². The highest BCUT2D eigenvalue weighted by atomic mass is 19.1. The Labute approximate surface area is 128 Å². The number of nitrogens with two attached hydrogens (primary N) is 1. The molecular weight excluding hydrogens is 265 g/mol. The zero-order valence-electron chi connectivity index (χ0n) is 13.9. The first-order valence-electron chi connectivity index (χ1n) is 8.05. The monoisotopic (exact) mass is 295 g/mol. The molecule has 0 aromatic heterocycles. The van der Waals surface area contributed by atoms with Gasteiger partial charge in [0.1, 0.15) is 5.82 Å². The summed E-state index contributed by atoms with van der Waals surface area (Å²) in [4.78, 5) is 4.49. The molecule has 1 aromatic rings. The first-order valence-corrected chi connectivity index (χ1v) is 8.05. The van der Waals surface area contributed by atoms with Crippen molar-refractivity contribution in [3.05, 3.63) is 29.6 Å². The average molecular weight is 295 g/mol. The molecule has 0 spiro atoms. The van der Waals surface area contributed by atoms with E-state index in [0.717, 1.165) is 44.7 Å². The molecule has 0 amide bonds. The van der Waals surface area contributed by atoms with Crippen LogP contribution in [0.1, 0.15) is 45.7 Å². The topological polar surface area (TPSA) is 32.5 Å². The van der Waals surface area contributed by atoms with E-state index >= 15 is 0 Å². The molecular formula is C17H30FN3. The molecule has 21 heavy (non-hydrogen) atoms. The van der Waals surface area contributed by atoms with Crippen molar-refractivity contribution in [2.24, 2.45) is 5.73 Å². The van der Waals surface area contributed by atoms with E-state index in [4.69, 9.17) is 5.73 Å². The number of hydrogen-bond donors (Lipinski definition) is 1. The molecule has 120 valence electrons. The zero-order chi connectivity index (χ0) is 15.8. The van der Waals surface area contributed by atoms with Gasteiger partial charge in [-0.05, 0) is 57.6 Å². The summed E-state index contributed by atoms with van der Waals surface area (Å²) in [7, 11) is 0. The van der Waals surface area contributed by atoms with Crippen LogP contribution in [0.5, 0.6) is 0 Å². The van der Waals surface area contributed by atoms with Crippen LogP contribution in [0.4, 0.5) is 10.1 Å². The van der Waals surface area contributed by atoms with Gasteiger partial charge in [0, 0.05) is 19.1 Å². The van der Waals surface area contributed by atoms with E-state index in [1.807, 2.05) is 19.1 Å².